The Morgan fingerprint density at radius 3 is 2.57 bits per heavy atom. The van der Waals surface area contributed by atoms with Crippen molar-refractivity contribution >= 4 is 6.08 Å². The molecule has 0 bridgehead atoms. The summed E-state index contributed by atoms with van der Waals surface area (Å²) in [5.74, 6) is 0. The summed E-state index contributed by atoms with van der Waals surface area (Å²) in [6, 6.07) is 5.92. The Kier molecular flexibility index (Phi) is 3.63. The number of hydrogen-bond acceptors (Lipinski definition) is 1. The van der Waals surface area contributed by atoms with Crippen LogP contribution in [0, 0.1) is 5.41 Å². The summed E-state index contributed by atoms with van der Waals surface area (Å²) in [7, 11) is 0. The van der Waals surface area contributed by atoms with Gasteiger partial charge in [-0.2, -0.15) is 0 Å². The molecular formula is C13H17N. The van der Waals surface area contributed by atoms with Gasteiger partial charge in [0, 0.05) is 11.6 Å². The van der Waals surface area contributed by atoms with Gasteiger partial charge in [-0.1, -0.05) is 38.1 Å². The molecule has 1 nitrogen and oxygen atoms in total. The Morgan fingerprint density at radius 2 is 2.00 bits per heavy atom. The lowest BCUT2D eigenvalue weighted by molar-refractivity contribution is 0.628. The van der Waals surface area contributed by atoms with Crippen LogP contribution in [0.2, 0.25) is 0 Å². The predicted molar refractivity (Wildman–Crippen MR) is 61.9 cm³/mol. The molecule has 0 radical (unpaired) electrons. The molecule has 0 aliphatic carbocycles. The standard InChI is InChI=1S/C13H17N/c1-4-9-13(2,3)10-8-12-7-5-6-11-14-12/h4-11H,1-3H3/b9-4-,10-8-. The van der Waals surface area contributed by atoms with Crippen molar-refractivity contribution in [2.24, 2.45) is 5.41 Å². The van der Waals surface area contributed by atoms with E-state index < -0.39 is 0 Å². The zero-order valence-corrected chi connectivity index (χ0v) is 9.07. The molecule has 0 saturated heterocycles. The monoisotopic (exact) mass is 187 g/mol. The summed E-state index contributed by atoms with van der Waals surface area (Å²) < 4.78 is 0. The summed E-state index contributed by atoms with van der Waals surface area (Å²) in [4.78, 5) is 4.23. The van der Waals surface area contributed by atoms with Crippen molar-refractivity contribution in [1.82, 2.24) is 4.98 Å². The minimum absolute atomic E-state index is 0.103. The largest absolute Gasteiger partial charge is 0.257 e. The number of nitrogens with zero attached hydrogens (tertiary/aromatic N) is 1. The molecule has 0 fully saturated rings. The molecule has 1 aromatic heterocycles. The van der Waals surface area contributed by atoms with Crippen LogP contribution < -0.4 is 0 Å². The first-order chi connectivity index (χ1) is 6.64. The highest BCUT2D eigenvalue weighted by atomic mass is 14.6. The highest BCUT2D eigenvalue weighted by Gasteiger charge is 2.07. The SMILES string of the molecule is C/C=C\C(C)(C)/C=C\c1ccccn1. The highest BCUT2D eigenvalue weighted by Crippen LogP contribution is 2.19. The fraction of sp³-hybridized carbons (Fsp3) is 0.308. The topological polar surface area (TPSA) is 12.9 Å². The molecule has 0 aliphatic heterocycles. The van der Waals surface area contributed by atoms with Crippen molar-refractivity contribution in [3.8, 4) is 0 Å². The maximum absolute atomic E-state index is 4.23. The average molecular weight is 187 g/mol. The number of aromatic nitrogens is 1. The molecule has 0 unspecified atom stereocenters. The van der Waals surface area contributed by atoms with Gasteiger partial charge in [-0.25, -0.2) is 0 Å². The minimum Gasteiger partial charge on any atom is -0.257 e. The van der Waals surface area contributed by atoms with E-state index in [4.69, 9.17) is 0 Å². The lowest BCUT2D eigenvalue weighted by Crippen LogP contribution is -2.01. The number of hydrogen-bond donors (Lipinski definition) is 0. The third-order valence-electron chi connectivity index (χ3n) is 1.97. The number of allylic oxidation sites excluding steroid dienone is 3. The maximum atomic E-state index is 4.23. The summed E-state index contributed by atoms with van der Waals surface area (Å²) in [5, 5.41) is 0. The Balaban J connectivity index is 2.74. The Hall–Kier alpha value is -1.37. The van der Waals surface area contributed by atoms with E-state index in [0.29, 0.717) is 0 Å². The maximum Gasteiger partial charge on any atom is 0.0626 e. The van der Waals surface area contributed by atoms with Crippen molar-refractivity contribution in [3.05, 3.63) is 48.3 Å². The van der Waals surface area contributed by atoms with Gasteiger partial charge in [0.25, 0.3) is 0 Å². The van der Waals surface area contributed by atoms with Crippen LogP contribution in [-0.2, 0) is 0 Å². The van der Waals surface area contributed by atoms with Gasteiger partial charge < -0.3 is 0 Å². The van der Waals surface area contributed by atoms with Gasteiger partial charge in [-0.15, -0.1) is 0 Å². The van der Waals surface area contributed by atoms with E-state index in [1.54, 1.807) is 0 Å². The summed E-state index contributed by atoms with van der Waals surface area (Å²) in [6.07, 6.45) is 10.3. The van der Waals surface area contributed by atoms with Gasteiger partial charge in [0.1, 0.15) is 0 Å². The van der Waals surface area contributed by atoms with E-state index >= 15 is 0 Å². The normalized spacial score (nSPS) is 12.8. The summed E-state index contributed by atoms with van der Waals surface area (Å²) >= 11 is 0. The van der Waals surface area contributed by atoms with Crippen LogP contribution in [-0.4, -0.2) is 4.98 Å². The first-order valence-corrected chi connectivity index (χ1v) is 4.88. The van der Waals surface area contributed by atoms with E-state index in [9.17, 15) is 0 Å². The Morgan fingerprint density at radius 1 is 1.21 bits per heavy atom. The van der Waals surface area contributed by atoms with Crippen molar-refractivity contribution < 1.29 is 0 Å². The molecule has 0 N–H and O–H groups in total. The molecule has 1 heteroatoms. The van der Waals surface area contributed by atoms with E-state index in [2.05, 4.69) is 43.1 Å². The van der Waals surface area contributed by atoms with Crippen molar-refractivity contribution in [1.29, 1.82) is 0 Å². The smallest absolute Gasteiger partial charge is 0.0626 e. The molecule has 0 aliphatic rings. The minimum atomic E-state index is 0.103. The van der Waals surface area contributed by atoms with Gasteiger partial charge in [-0.05, 0) is 25.1 Å². The second-order valence-corrected chi connectivity index (χ2v) is 3.91. The fourth-order valence-corrected chi connectivity index (χ4v) is 1.26. The van der Waals surface area contributed by atoms with Crippen LogP contribution in [0.5, 0.6) is 0 Å². The van der Waals surface area contributed by atoms with Crippen LogP contribution in [0.25, 0.3) is 6.08 Å². The molecule has 0 amide bonds. The highest BCUT2D eigenvalue weighted by molar-refractivity contribution is 5.45. The van der Waals surface area contributed by atoms with Gasteiger partial charge in [0.15, 0.2) is 0 Å². The zero-order valence-electron chi connectivity index (χ0n) is 9.07. The quantitative estimate of drug-likeness (QED) is 0.657. The molecular weight excluding hydrogens is 170 g/mol. The van der Waals surface area contributed by atoms with Crippen LogP contribution in [0.3, 0.4) is 0 Å². The van der Waals surface area contributed by atoms with Crippen LogP contribution in [0.4, 0.5) is 0 Å². The van der Waals surface area contributed by atoms with Crippen LogP contribution >= 0.6 is 0 Å². The third kappa shape index (κ3) is 3.56. The van der Waals surface area contributed by atoms with Crippen LogP contribution in [0.1, 0.15) is 26.5 Å². The van der Waals surface area contributed by atoms with Gasteiger partial charge in [-0.3, -0.25) is 4.98 Å². The molecule has 1 aromatic rings. The summed E-state index contributed by atoms with van der Waals surface area (Å²) in [6.45, 7) is 6.38. The van der Waals surface area contributed by atoms with Gasteiger partial charge in [0.05, 0.1) is 5.69 Å². The van der Waals surface area contributed by atoms with Crippen LogP contribution in [0.15, 0.2) is 42.6 Å². The second-order valence-electron chi connectivity index (χ2n) is 3.91. The molecule has 1 rings (SSSR count). The average Bonchev–Trinajstić information content (AvgIpc) is 2.17. The molecule has 0 atom stereocenters. The molecule has 14 heavy (non-hydrogen) atoms. The predicted octanol–water partition coefficient (Wildman–Crippen LogP) is 3.70. The third-order valence-corrected chi connectivity index (χ3v) is 1.97. The van der Waals surface area contributed by atoms with E-state index in [1.807, 2.05) is 31.3 Å². The van der Waals surface area contributed by atoms with E-state index in [1.165, 1.54) is 0 Å². The van der Waals surface area contributed by atoms with Gasteiger partial charge in [0.2, 0.25) is 0 Å². The van der Waals surface area contributed by atoms with Gasteiger partial charge >= 0.3 is 0 Å². The second kappa shape index (κ2) is 4.75. The Labute approximate surface area is 86.2 Å². The zero-order chi connectivity index (χ0) is 10.4. The molecule has 0 aromatic carbocycles. The van der Waals surface area contributed by atoms with E-state index in [0.717, 1.165) is 5.69 Å². The molecule has 1 heterocycles. The molecule has 74 valence electrons. The Bertz CT molecular complexity index is 320. The molecule has 0 saturated carbocycles. The lowest BCUT2D eigenvalue weighted by Gasteiger charge is -2.13. The first-order valence-electron chi connectivity index (χ1n) is 4.88. The van der Waals surface area contributed by atoms with Crippen molar-refractivity contribution in [3.63, 3.8) is 0 Å². The fourth-order valence-electron chi connectivity index (χ4n) is 1.26. The summed E-state index contributed by atoms with van der Waals surface area (Å²) in [5.41, 5.74) is 1.11. The lowest BCUT2D eigenvalue weighted by atomic mass is 9.92. The molecule has 0 spiro atoms. The van der Waals surface area contributed by atoms with Crippen molar-refractivity contribution in [2.45, 2.75) is 20.8 Å². The number of pyridine rings is 1. The number of rotatable bonds is 3. The van der Waals surface area contributed by atoms with E-state index in [-0.39, 0.29) is 5.41 Å². The van der Waals surface area contributed by atoms with Crippen molar-refractivity contribution in [2.75, 3.05) is 0 Å². The first kappa shape index (κ1) is 10.7.